The Labute approximate surface area is 297 Å². The Hall–Kier alpha value is -3.21. The van der Waals surface area contributed by atoms with Crippen molar-refractivity contribution in [3.63, 3.8) is 0 Å². The van der Waals surface area contributed by atoms with Gasteiger partial charge in [0.05, 0.1) is 28.9 Å². The van der Waals surface area contributed by atoms with Crippen LogP contribution in [0.1, 0.15) is 71.8 Å². The zero-order valence-corrected chi connectivity index (χ0v) is 30.3. The van der Waals surface area contributed by atoms with Crippen molar-refractivity contribution < 1.29 is 19.1 Å². The molecular formula is C37H47Cl2FN4O5. The minimum absolute atomic E-state index is 0.0738. The molecule has 1 saturated heterocycles. The van der Waals surface area contributed by atoms with E-state index in [0.717, 1.165) is 59.4 Å². The lowest BCUT2D eigenvalue weighted by Gasteiger charge is -2.59. The van der Waals surface area contributed by atoms with Gasteiger partial charge in [0.1, 0.15) is 6.54 Å². The van der Waals surface area contributed by atoms with Crippen LogP contribution in [0, 0.1) is 28.5 Å². The predicted octanol–water partition coefficient (Wildman–Crippen LogP) is 5.67. The topological polar surface area (TPSA) is 105 Å². The molecule has 4 atom stereocenters. The first-order chi connectivity index (χ1) is 23.0. The molecule has 0 bridgehead atoms. The van der Waals surface area contributed by atoms with Crippen LogP contribution in [0.4, 0.5) is 4.39 Å². The number of piperazine rings is 1. The fourth-order valence-corrected chi connectivity index (χ4v) is 8.88. The lowest BCUT2D eigenvalue weighted by atomic mass is 9.46. The average molecular weight is 718 g/mol. The van der Waals surface area contributed by atoms with E-state index in [1.165, 1.54) is 22.6 Å². The molecule has 1 aliphatic heterocycles. The second kappa shape index (κ2) is 14.6. The molecule has 5 rings (SSSR count). The number of allylic oxidation sites excluding steroid dienone is 2. The van der Waals surface area contributed by atoms with Gasteiger partial charge >= 0.3 is 5.69 Å². The number of hydrogen-bond acceptors (Lipinski definition) is 5. The van der Waals surface area contributed by atoms with Gasteiger partial charge in [-0.05, 0) is 85.8 Å². The molecule has 0 unspecified atom stereocenters. The number of rotatable bonds is 8. The maximum atomic E-state index is 14.6. The van der Waals surface area contributed by atoms with E-state index in [9.17, 15) is 28.7 Å². The van der Waals surface area contributed by atoms with Crippen LogP contribution >= 0.6 is 23.2 Å². The van der Waals surface area contributed by atoms with Crippen molar-refractivity contribution in [3.8, 4) is 0 Å². The van der Waals surface area contributed by atoms with Gasteiger partial charge in [0, 0.05) is 32.3 Å². The summed E-state index contributed by atoms with van der Waals surface area (Å²) in [6.45, 7) is 13.7. The number of aliphatic hydroxyl groups is 1. The smallest absolute Gasteiger partial charge is 0.331 e. The standard InChI is InChI=1S/C37H47Cl2FN4O5/c1-23(6-9-26-24(2)7-11-30-36(3,4)31(45)12-13-37(26,30)5)18-32(46)41-14-16-42(17-15-41)33(47)22-43-21-29(40)34(48)44(35(43)49)20-25-8-10-27(38)28(39)19-25/h8,10,18-19,21,26,30-31,45H,2,6-7,9,11-17,20,22H2,1,3-5H3/b23-18+/t26-,30-,31-,37+/m1/s1. The number of carbonyl (C=O) groups is 2. The van der Waals surface area contributed by atoms with E-state index in [4.69, 9.17) is 23.2 Å². The molecule has 2 aliphatic carbocycles. The second-order valence-corrected chi connectivity index (χ2v) is 15.8. The van der Waals surface area contributed by atoms with E-state index in [1.807, 2.05) is 6.92 Å². The van der Waals surface area contributed by atoms with Crippen LogP contribution in [0.5, 0.6) is 0 Å². The summed E-state index contributed by atoms with van der Waals surface area (Å²) in [4.78, 5) is 55.2. The van der Waals surface area contributed by atoms with Crippen LogP contribution in [0.25, 0.3) is 0 Å². The molecule has 1 aromatic carbocycles. The zero-order chi connectivity index (χ0) is 35.8. The van der Waals surface area contributed by atoms with Crippen molar-refractivity contribution in [3.05, 3.63) is 90.5 Å². The Kier molecular flexibility index (Phi) is 11.0. The van der Waals surface area contributed by atoms with Gasteiger partial charge in [0.2, 0.25) is 17.6 Å². The van der Waals surface area contributed by atoms with E-state index >= 15 is 0 Å². The molecule has 2 heterocycles. The maximum Gasteiger partial charge on any atom is 0.331 e. The summed E-state index contributed by atoms with van der Waals surface area (Å²) in [6, 6.07) is 4.58. The molecular weight excluding hydrogens is 670 g/mol. The van der Waals surface area contributed by atoms with E-state index < -0.39 is 29.5 Å². The summed E-state index contributed by atoms with van der Waals surface area (Å²) in [6.07, 6.45) is 7.64. The summed E-state index contributed by atoms with van der Waals surface area (Å²) in [5.74, 6) is -0.929. The van der Waals surface area contributed by atoms with Crippen molar-refractivity contribution in [2.75, 3.05) is 26.2 Å². The quantitative estimate of drug-likeness (QED) is 0.280. The van der Waals surface area contributed by atoms with Gasteiger partial charge in [0.25, 0.3) is 5.56 Å². The fourth-order valence-electron chi connectivity index (χ4n) is 8.56. The highest BCUT2D eigenvalue weighted by Gasteiger charge is 2.55. The SMILES string of the molecule is C=C1CC[C@@H]2C(C)(C)[C@H](O)CC[C@@]2(C)[C@@H]1CC/C(C)=C/C(=O)N1CCN(C(=O)Cn2cc(F)c(=O)n(Cc3ccc(Cl)c(Cl)c3)c2=O)CC1. The Morgan fingerprint density at radius 3 is 2.41 bits per heavy atom. The van der Waals surface area contributed by atoms with E-state index in [0.29, 0.717) is 35.5 Å². The first kappa shape index (κ1) is 37.1. The van der Waals surface area contributed by atoms with E-state index in [-0.39, 0.29) is 47.5 Å². The lowest BCUT2D eigenvalue weighted by Crippen LogP contribution is -2.54. The fraction of sp³-hybridized carbons (Fsp3) is 0.568. The Balaban J connectivity index is 1.16. The molecule has 1 aromatic heterocycles. The molecule has 266 valence electrons. The number of benzene rings is 1. The average Bonchev–Trinajstić information content (AvgIpc) is 3.05. The molecule has 3 aliphatic rings. The highest BCUT2D eigenvalue weighted by molar-refractivity contribution is 6.42. The van der Waals surface area contributed by atoms with Crippen LogP contribution in [0.3, 0.4) is 0 Å². The van der Waals surface area contributed by atoms with Crippen LogP contribution < -0.4 is 11.2 Å². The molecule has 49 heavy (non-hydrogen) atoms. The number of aliphatic hydroxyl groups excluding tert-OH is 1. The molecule has 2 amide bonds. The molecule has 2 saturated carbocycles. The van der Waals surface area contributed by atoms with Crippen LogP contribution in [0.15, 0.2) is 57.8 Å². The maximum absolute atomic E-state index is 14.6. The summed E-state index contributed by atoms with van der Waals surface area (Å²) in [7, 11) is 0. The molecule has 9 nitrogen and oxygen atoms in total. The van der Waals surface area contributed by atoms with Crippen molar-refractivity contribution in [1.29, 1.82) is 0 Å². The highest BCUT2D eigenvalue weighted by atomic mass is 35.5. The second-order valence-electron chi connectivity index (χ2n) is 14.9. The zero-order valence-electron chi connectivity index (χ0n) is 28.8. The normalized spacial score (nSPS) is 25.7. The third kappa shape index (κ3) is 7.61. The summed E-state index contributed by atoms with van der Waals surface area (Å²) in [5, 5.41) is 11.3. The number of aromatic nitrogens is 2. The van der Waals surface area contributed by atoms with E-state index in [2.05, 4.69) is 27.4 Å². The monoisotopic (exact) mass is 716 g/mol. The van der Waals surface area contributed by atoms with Crippen LogP contribution in [-0.4, -0.2) is 68.1 Å². The molecule has 3 fully saturated rings. The Morgan fingerprint density at radius 1 is 1.06 bits per heavy atom. The Morgan fingerprint density at radius 2 is 1.73 bits per heavy atom. The van der Waals surface area contributed by atoms with E-state index in [1.54, 1.807) is 17.0 Å². The van der Waals surface area contributed by atoms with Crippen molar-refractivity contribution in [2.45, 2.75) is 85.4 Å². The van der Waals surface area contributed by atoms with Crippen molar-refractivity contribution >= 4 is 35.0 Å². The summed E-state index contributed by atoms with van der Waals surface area (Å²) >= 11 is 12.0. The third-order valence-corrected chi connectivity index (χ3v) is 12.3. The number of amides is 2. The number of carbonyl (C=O) groups excluding carboxylic acids is 2. The highest BCUT2D eigenvalue weighted by Crippen LogP contribution is 2.61. The first-order valence-electron chi connectivity index (χ1n) is 17.1. The lowest BCUT2D eigenvalue weighted by molar-refractivity contribution is -0.137. The molecule has 1 N–H and O–H groups in total. The largest absolute Gasteiger partial charge is 0.393 e. The van der Waals surface area contributed by atoms with Gasteiger partial charge in [-0.25, -0.2) is 4.79 Å². The number of hydrogen-bond donors (Lipinski definition) is 1. The van der Waals surface area contributed by atoms with Gasteiger partial charge in [-0.1, -0.05) is 67.8 Å². The number of fused-ring (bicyclic) bond motifs is 1. The van der Waals surface area contributed by atoms with Gasteiger partial charge in [-0.3, -0.25) is 23.5 Å². The predicted molar refractivity (Wildman–Crippen MR) is 189 cm³/mol. The minimum Gasteiger partial charge on any atom is -0.393 e. The van der Waals surface area contributed by atoms with Gasteiger partial charge < -0.3 is 14.9 Å². The Bertz CT molecular complexity index is 1780. The third-order valence-electron chi connectivity index (χ3n) is 11.5. The molecule has 2 aromatic rings. The minimum atomic E-state index is -1.16. The molecule has 0 spiro atoms. The number of nitrogens with zero attached hydrogens (tertiary/aromatic N) is 4. The number of halogens is 3. The van der Waals surface area contributed by atoms with Crippen molar-refractivity contribution in [1.82, 2.24) is 18.9 Å². The molecule has 0 radical (unpaired) electrons. The van der Waals surface area contributed by atoms with Gasteiger partial charge in [-0.2, -0.15) is 4.39 Å². The van der Waals surface area contributed by atoms with Gasteiger partial charge in [-0.15, -0.1) is 0 Å². The van der Waals surface area contributed by atoms with Crippen molar-refractivity contribution in [2.24, 2.45) is 22.7 Å². The molecule has 12 heteroatoms. The first-order valence-corrected chi connectivity index (χ1v) is 17.8. The van der Waals surface area contributed by atoms with Crippen LogP contribution in [-0.2, 0) is 22.7 Å². The summed E-state index contributed by atoms with van der Waals surface area (Å²) < 4.78 is 16.2. The van der Waals surface area contributed by atoms with Crippen LogP contribution in [0.2, 0.25) is 10.0 Å². The summed E-state index contributed by atoms with van der Waals surface area (Å²) in [5.41, 5.74) is 0.749. The van der Waals surface area contributed by atoms with Gasteiger partial charge in [0.15, 0.2) is 0 Å².